The molecule has 0 unspecified atom stereocenters. The van der Waals surface area contributed by atoms with Gasteiger partial charge in [-0.05, 0) is 42.7 Å². The number of carbonyl (C=O) groups excluding carboxylic acids is 1. The molecule has 2 aliphatic heterocycles. The van der Waals surface area contributed by atoms with Crippen molar-refractivity contribution in [1.29, 1.82) is 0 Å². The zero-order chi connectivity index (χ0) is 24.5. The number of non-ortho nitro benzene ring substituents is 1. The van der Waals surface area contributed by atoms with Gasteiger partial charge in [-0.3, -0.25) is 14.9 Å². The number of amides is 1. The van der Waals surface area contributed by atoms with Crippen LogP contribution in [0.15, 0.2) is 72.8 Å². The lowest BCUT2D eigenvalue weighted by Gasteiger charge is -2.49. The van der Waals surface area contributed by atoms with E-state index in [0.717, 1.165) is 29.0 Å². The normalized spacial score (nSPS) is 19.9. The fourth-order valence-corrected chi connectivity index (χ4v) is 5.55. The molecular formula is C27H27ClN4O3. The smallest absolute Gasteiger partial charge is 0.269 e. The minimum Gasteiger partial charge on any atom is -0.366 e. The van der Waals surface area contributed by atoms with Crippen LogP contribution in [0.1, 0.15) is 24.1 Å². The fraction of sp³-hybridized carbons (Fsp3) is 0.296. The molecule has 2 heterocycles. The maximum absolute atomic E-state index is 13.7. The van der Waals surface area contributed by atoms with Gasteiger partial charge in [0, 0.05) is 37.5 Å². The van der Waals surface area contributed by atoms with Crippen molar-refractivity contribution in [3.05, 3.63) is 99.1 Å². The van der Waals surface area contributed by atoms with Crippen LogP contribution in [0.25, 0.3) is 0 Å². The molecule has 2 aliphatic rings. The zero-order valence-corrected chi connectivity index (χ0v) is 20.2. The van der Waals surface area contributed by atoms with Gasteiger partial charge in [-0.1, -0.05) is 54.1 Å². The summed E-state index contributed by atoms with van der Waals surface area (Å²) in [4.78, 5) is 29.2. The monoisotopic (exact) mass is 490 g/mol. The number of carbonyl (C=O) groups is 1. The summed E-state index contributed by atoms with van der Waals surface area (Å²) in [5.41, 5.74) is 3.86. The number of benzene rings is 3. The second kappa shape index (κ2) is 9.58. The number of fused-ring (bicyclic) bond motifs is 3. The summed E-state index contributed by atoms with van der Waals surface area (Å²) in [7, 11) is 0. The Morgan fingerprint density at radius 3 is 2.54 bits per heavy atom. The molecule has 7 nitrogen and oxygen atoms in total. The lowest BCUT2D eigenvalue weighted by Crippen LogP contribution is -2.61. The van der Waals surface area contributed by atoms with Crippen molar-refractivity contribution < 1.29 is 9.72 Å². The molecule has 1 amide bonds. The van der Waals surface area contributed by atoms with Gasteiger partial charge in [0.25, 0.3) is 5.69 Å². The zero-order valence-electron chi connectivity index (χ0n) is 19.4. The molecule has 0 radical (unpaired) electrons. The van der Waals surface area contributed by atoms with Crippen LogP contribution in [0, 0.1) is 16.0 Å². The molecule has 8 heteroatoms. The number of nitrogens with one attached hydrogen (secondary N) is 1. The van der Waals surface area contributed by atoms with Crippen LogP contribution in [0.4, 0.5) is 17.1 Å². The first-order valence-electron chi connectivity index (χ1n) is 11.8. The number of nitro groups is 1. The van der Waals surface area contributed by atoms with Crippen molar-refractivity contribution in [3.8, 4) is 0 Å². The van der Waals surface area contributed by atoms with Crippen molar-refractivity contribution in [2.45, 2.75) is 25.4 Å². The molecule has 3 atom stereocenters. The van der Waals surface area contributed by atoms with Gasteiger partial charge < -0.3 is 15.1 Å². The Morgan fingerprint density at radius 1 is 1.06 bits per heavy atom. The second-order valence-electron chi connectivity index (χ2n) is 9.18. The maximum atomic E-state index is 13.7. The van der Waals surface area contributed by atoms with Gasteiger partial charge in [0.05, 0.1) is 33.6 Å². The third kappa shape index (κ3) is 4.56. The SMILES string of the molecule is C[C@H](NC(=O)[C@@H]1Cc2cc([N+](=O)[O-])ccc2N2CCN(c3ccccc3Cl)C[C@H]12)c1ccccc1. The molecule has 1 saturated heterocycles. The van der Waals surface area contributed by atoms with E-state index in [9.17, 15) is 14.9 Å². The summed E-state index contributed by atoms with van der Waals surface area (Å²) in [5, 5.41) is 15.3. The van der Waals surface area contributed by atoms with Crippen LogP contribution < -0.4 is 15.1 Å². The maximum Gasteiger partial charge on any atom is 0.269 e. The van der Waals surface area contributed by atoms with Crippen molar-refractivity contribution in [3.63, 3.8) is 0 Å². The van der Waals surface area contributed by atoms with Crippen molar-refractivity contribution >= 4 is 34.6 Å². The second-order valence-corrected chi connectivity index (χ2v) is 9.59. The first-order valence-corrected chi connectivity index (χ1v) is 12.2. The lowest BCUT2D eigenvalue weighted by molar-refractivity contribution is -0.384. The quantitative estimate of drug-likeness (QED) is 0.402. The van der Waals surface area contributed by atoms with E-state index in [4.69, 9.17) is 11.6 Å². The highest BCUT2D eigenvalue weighted by molar-refractivity contribution is 6.33. The van der Waals surface area contributed by atoms with E-state index < -0.39 is 0 Å². The van der Waals surface area contributed by atoms with Crippen LogP contribution in [0.5, 0.6) is 0 Å². The highest BCUT2D eigenvalue weighted by Gasteiger charge is 2.42. The first kappa shape index (κ1) is 23.2. The summed E-state index contributed by atoms with van der Waals surface area (Å²) >= 11 is 6.50. The standard InChI is InChI=1S/C27H27ClN4O3/c1-18(19-7-3-2-4-8-19)29-27(33)22-16-20-15-21(32(34)35)11-12-24(20)31-14-13-30(17-26(22)31)25-10-6-5-9-23(25)28/h2-12,15,18,22,26H,13-14,16-17H2,1H3,(H,29,33)/t18-,22+,26+/m0/s1. The van der Waals surface area contributed by atoms with E-state index in [1.165, 1.54) is 0 Å². The minimum atomic E-state index is -0.381. The van der Waals surface area contributed by atoms with E-state index in [1.54, 1.807) is 12.1 Å². The third-order valence-corrected chi connectivity index (χ3v) is 7.41. The molecule has 0 spiro atoms. The fourth-order valence-electron chi connectivity index (χ4n) is 5.30. The Kier molecular flexibility index (Phi) is 6.34. The molecule has 3 aromatic rings. The van der Waals surface area contributed by atoms with E-state index >= 15 is 0 Å². The summed E-state index contributed by atoms with van der Waals surface area (Å²) in [6.45, 7) is 4.05. The van der Waals surface area contributed by atoms with Crippen LogP contribution in [0.3, 0.4) is 0 Å². The Balaban J connectivity index is 1.47. The van der Waals surface area contributed by atoms with Crippen LogP contribution >= 0.6 is 11.6 Å². The van der Waals surface area contributed by atoms with Crippen molar-refractivity contribution in [2.75, 3.05) is 29.4 Å². The Bertz CT molecular complexity index is 1250. The third-order valence-electron chi connectivity index (χ3n) is 7.09. The number of piperazine rings is 1. The molecule has 180 valence electrons. The summed E-state index contributed by atoms with van der Waals surface area (Å²) < 4.78 is 0. The van der Waals surface area contributed by atoms with Gasteiger partial charge >= 0.3 is 0 Å². The van der Waals surface area contributed by atoms with Gasteiger partial charge in [0.1, 0.15) is 0 Å². The number of anilines is 2. The number of para-hydroxylation sites is 1. The van der Waals surface area contributed by atoms with Crippen molar-refractivity contribution in [2.24, 2.45) is 5.92 Å². The topological polar surface area (TPSA) is 78.7 Å². The largest absolute Gasteiger partial charge is 0.366 e. The van der Waals surface area contributed by atoms with E-state index in [0.29, 0.717) is 24.5 Å². The molecule has 1 N–H and O–H groups in total. The van der Waals surface area contributed by atoms with Crippen molar-refractivity contribution in [1.82, 2.24) is 5.32 Å². The highest BCUT2D eigenvalue weighted by Crippen LogP contribution is 2.39. The number of nitro benzene ring substituents is 1. The molecule has 1 fully saturated rings. The highest BCUT2D eigenvalue weighted by atomic mass is 35.5. The average molecular weight is 491 g/mol. The molecular weight excluding hydrogens is 464 g/mol. The van der Waals surface area contributed by atoms with Gasteiger partial charge in [-0.25, -0.2) is 0 Å². The van der Waals surface area contributed by atoms with E-state index in [2.05, 4.69) is 15.1 Å². The predicted molar refractivity (Wildman–Crippen MR) is 138 cm³/mol. The molecule has 0 aliphatic carbocycles. The number of halogens is 1. The summed E-state index contributed by atoms with van der Waals surface area (Å²) in [6.07, 6.45) is 0.446. The molecule has 0 saturated carbocycles. The predicted octanol–water partition coefficient (Wildman–Crippen LogP) is 4.99. The Hall–Kier alpha value is -3.58. The van der Waals surface area contributed by atoms with E-state index in [1.807, 2.05) is 67.6 Å². The van der Waals surface area contributed by atoms with Gasteiger partial charge in [-0.15, -0.1) is 0 Å². The molecule has 0 bridgehead atoms. The van der Waals surface area contributed by atoms with Crippen LogP contribution in [-0.2, 0) is 11.2 Å². The Morgan fingerprint density at radius 2 is 1.80 bits per heavy atom. The minimum absolute atomic E-state index is 0.0467. The number of rotatable bonds is 5. The number of nitrogens with zero attached hydrogens (tertiary/aromatic N) is 3. The average Bonchev–Trinajstić information content (AvgIpc) is 2.88. The molecule has 3 aromatic carbocycles. The van der Waals surface area contributed by atoms with Crippen LogP contribution in [0.2, 0.25) is 5.02 Å². The van der Waals surface area contributed by atoms with E-state index in [-0.39, 0.29) is 34.5 Å². The summed E-state index contributed by atoms with van der Waals surface area (Å²) in [6, 6.07) is 22.4. The van der Waals surface area contributed by atoms with Gasteiger partial charge in [0.2, 0.25) is 5.91 Å². The van der Waals surface area contributed by atoms with Crippen LogP contribution in [-0.4, -0.2) is 36.5 Å². The molecule has 5 rings (SSSR count). The Labute approximate surface area is 209 Å². The first-order chi connectivity index (χ1) is 16.9. The van der Waals surface area contributed by atoms with Gasteiger partial charge in [0.15, 0.2) is 0 Å². The number of hydrogen-bond donors (Lipinski definition) is 1. The molecule has 0 aromatic heterocycles. The summed E-state index contributed by atoms with van der Waals surface area (Å²) in [5.74, 6) is -0.407. The lowest BCUT2D eigenvalue weighted by atomic mass is 9.82. The van der Waals surface area contributed by atoms with Gasteiger partial charge in [-0.2, -0.15) is 0 Å². The molecule has 35 heavy (non-hydrogen) atoms. The number of hydrogen-bond acceptors (Lipinski definition) is 5.